The molecule has 2 aromatic heterocycles. The zero-order valence-electron chi connectivity index (χ0n) is 11.7. The average Bonchev–Trinajstić information content (AvgIpc) is 3.26. The Labute approximate surface area is 130 Å². The standard InChI is InChI=1S/C15H14N4O2S/c20-14(15-18-12-3-1-2-4-13(12)22-15)17-10-7-16-19(8-10)11-5-6-21-9-11/h1-4,7-8,11H,5-6,9H2,(H,17,20)/t11-/m1/s1. The van der Waals surface area contributed by atoms with E-state index in [4.69, 9.17) is 4.74 Å². The van der Waals surface area contributed by atoms with Crippen LogP contribution in [0.15, 0.2) is 36.7 Å². The number of rotatable bonds is 3. The molecule has 1 aliphatic rings. The van der Waals surface area contributed by atoms with Gasteiger partial charge in [0.15, 0.2) is 5.01 Å². The molecule has 3 heterocycles. The summed E-state index contributed by atoms with van der Waals surface area (Å²) in [6, 6.07) is 7.98. The van der Waals surface area contributed by atoms with Gasteiger partial charge in [-0.2, -0.15) is 5.10 Å². The molecule has 1 N–H and O–H groups in total. The van der Waals surface area contributed by atoms with E-state index in [0.717, 1.165) is 23.2 Å². The van der Waals surface area contributed by atoms with Crippen molar-refractivity contribution in [2.45, 2.75) is 12.5 Å². The molecule has 0 aliphatic carbocycles. The van der Waals surface area contributed by atoms with Crippen LogP contribution in [0.2, 0.25) is 0 Å². The average molecular weight is 314 g/mol. The Balaban J connectivity index is 1.51. The van der Waals surface area contributed by atoms with Gasteiger partial charge in [0.05, 0.1) is 34.7 Å². The molecule has 1 amide bonds. The van der Waals surface area contributed by atoms with Crippen molar-refractivity contribution >= 4 is 33.1 Å². The van der Waals surface area contributed by atoms with Crippen molar-refractivity contribution in [1.82, 2.24) is 14.8 Å². The van der Waals surface area contributed by atoms with Crippen molar-refractivity contribution in [3.05, 3.63) is 41.7 Å². The van der Waals surface area contributed by atoms with Gasteiger partial charge in [-0.1, -0.05) is 12.1 Å². The molecule has 112 valence electrons. The highest BCUT2D eigenvalue weighted by Crippen LogP contribution is 2.23. The minimum Gasteiger partial charge on any atom is -0.379 e. The highest BCUT2D eigenvalue weighted by Gasteiger charge is 2.19. The summed E-state index contributed by atoms with van der Waals surface area (Å²) in [5, 5.41) is 7.60. The van der Waals surface area contributed by atoms with E-state index in [2.05, 4.69) is 15.4 Å². The number of carbonyl (C=O) groups is 1. The van der Waals surface area contributed by atoms with Crippen LogP contribution >= 0.6 is 11.3 Å². The Morgan fingerprint density at radius 3 is 3.14 bits per heavy atom. The second-order valence-electron chi connectivity index (χ2n) is 5.17. The Morgan fingerprint density at radius 1 is 1.41 bits per heavy atom. The van der Waals surface area contributed by atoms with Crippen molar-refractivity contribution in [2.24, 2.45) is 0 Å². The fourth-order valence-corrected chi connectivity index (χ4v) is 3.35. The smallest absolute Gasteiger partial charge is 0.284 e. The molecule has 1 aliphatic heterocycles. The third-order valence-corrected chi connectivity index (χ3v) is 4.66. The van der Waals surface area contributed by atoms with Gasteiger partial charge in [0, 0.05) is 12.8 Å². The fraction of sp³-hybridized carbons (Fsp3) is 0.267. The Bertz CT molecular complexity index is 787. The number of thiazole rings is 1. The highest BCUT2D eigenvalue weighted by atomic mass is 32.1. The van der Waals surface area contributed by atoms with Gasteiger partial charge in [0.1, 0.15) is 0 Å². The van der Waals surface area contributed by atoms with Crippen LogP contribution in [0.3, 0.4) is 0 Å². The topological polar surface area (TPSA) is 69.0 Å². The summed E-state index contributed by atoms with van der Waals surface area (Å²) in [6.07, 6.45) is 4.45. The number of carbonyl (C=O) groups excluding carboxylic acids is 1. The molecular weight excluding hydrogens is 300 g/mol. The number of nitrogens with zero attached hydrogens (tertiary/aromatic N) is 3. The predicted molar refractivity (Wildman–Crippen MR) is 84.3 cm³/mol. The van der Waals surface area contributed by atoms with Crippen LogP contribution in [0.5, 0.6) is 0 Å². The number of hydrogen-bond donors (Lipinski definition) is 1. The van der Waals surface area contributed by atoms with Crippen molar-refractivity contribution in [1.29, 1.82) is 0 Å². The number of benzene rings is 1. The molecule has 0 bridgehead atoms. The number of para-hydroxylation sites is 1. The summed E-state index contributed by atoms with van der Waals surface area (Å²) in [6.45, 7) is 1.44. The first-order chi connectivity index (χ1) is 10.8. The highest BCUT2D eigenvalue weighted by molar-refractivity contribution is 7.20. The van der Waals surface area contributed by atoms with E-state index in [1.165, 1.54) is 11.3 Å². The van der Waals surface area contributed by atoms with Gasteiger partial charge in [0.2, 0.25) is 0 Å². The molecule has 7 heteroatoms. The van der Waals surface area contributed by atoms with Crippen molar-refractivity contribution in [2.75, 3.05) is 18.5 Å². The fourth-order valence-electron chi connectivity index (χ4n) is 2.49. The Hall–Kier alpha value is -2.25. The summed E-state index contributed by atoms with van der Waals surface area (Å²) in [7, 11) is 0. The quantitative estimate of drug-likeness (QED) is 0.807. The molecule has 1 atom stereocenters. The number of aromatic nitrogens is 3. The van der Waals surface area contributed by atoms with E-state index in [9.17, 15) is 4.79 Å². The van der Waals surface area contributed by atoms with Gasteiger partial charge in [-0.15, -0.1) is 11.3 Å². The summed E-state index contributed by atoms with van der Waals surface area (Å²) in [5.41, 5.74) is 1.52. The minimum absolute atomic E-state index is 0.205. The van der Waals surface area contributed by atoms with Crippen molar-refractivity contribution in [3.63, 3.8) is 0 Å². The molecule has 6 nitrogen and oxygen atoms in total. The first-order valence-corrected chi connectivity index (χ1v) is 7.90. The minimum atomic E-state index is -0.205. The van der Waals surface area contributed by atoms with E-state index in [-0.39, 0.29) is 11.9 Å². The lowest BCUT2D eigenvalue weighted by molar-refractivity contribution is 0.102. The maximum Gasteiger partial charge on any atom is 0.284 e. The van der Waals surface area contributed by atoms with Gasteiger partial charge in [0.25, 0.3) is 5.91 Å². The molecule has 1 aromatic carbocycles. The third-order valence-electron chi connectivity index (χ3n) is 3.63. The lowest BCUT2D eigenvalue weighted by Crippen LogP contribution is -2.11. The molecular formula is C15H14N4O2S. The molecule has 4 rings (SSSR count). The van der Waals surface area contributed by atoms with Crippen LogP contribution in [-0.4, -0.2) is 33.9 Å². The normalized spacial score (nSPS) is 17.9. The molecule has 1 saturated heterocycles. The second kappa shape index (κ2) is 5.51. The molecule has 1 fully saturated rings. The summed E-state index contributed by atoms with van der Waals surface area (Å²) < 4.78 is 8.20. The maximum absolute atomic E-state index is 12.3. The number of amides is 1. The van der Waals surface area contributed by atoms with Crippen LogP contribution in [-0.2, 0) is 4.74 Å². The predicted octanol–water partition coefficient (Wildman–Crippen LogP) is 2.71. The van der Waals surface area contributed by atoms with Crippen LogP contribution < -0.4 is 5.32 Å². The Kier molecular flexibility index (Phi) is 3.36. The number of ether oxygens (including phenoxy) is 1. The zero-order valence-corrected chi connectivity index (χ0v) is 12.5. The van der Waals surface area contributed by atoms with Crippen LogP contribution in [0.25, 0.3) is 10.2 Å². The van der Waals surface area contributed by atoms with Crippen LogP contribution in [0, 0.1) is 0 Å². The largest absolute Gasteiger partial charge is 0.379 e. The summed E-state index contributed by atoms with van der Waals surface area (Å²) >= 11 is 1.39. The summed E-state index contributed by atoms with van der Waals surface area (Å²) in [4.78, 5) is 16.6. The van der Waals surface area contributed by atoms with Gasteiger partial charge in [-0.25, -0.2) is 4.98 Å². The van der Waals surface area contributed by atoms with E-state index in [0.29, 0.717) is 17.3 Å². The summed E-state index contributed by atoms with van der Waals surface area (Å²) in [5.74, 6) is -0.205. The molecule has 3 aromatic rings. The molecule has 0 radical (unpaired) electrons. The Morgan fingerprint density at radius 2 is 2.32 bits per heavy atom. The van der Waals surface area contributed by atoms with E-state index < -0.39 is 0 Å². The van der Waals surface area contributed by atoms with Crippen molar-refractivity contribution < 1.29 is 9.53 Å². The second-order valence-corrected chi connectivity index (χ2v) is 6.20. The number of nitrogens with one attached hydrogen (secondary N) is 1. The van der Waals surface area contributed by atoms with E-state index >= 15 is 0 Å². The SMILES string of the molecule is O=C(Nc1cnn([C@@H]2CCOC2)c1)c1nc2ccccc2s1. The molecule has 0 saturated carbocycles. The molecule has 0 unspecified atom stereocenters. The number of hydrogen-bond acceptors (Lipinski definition) is 5. The van der Waals surface area contributed by atoms with Gasteiger partial charge in [-0.05, 0) is 18.6 Å². The third kappa shape index (κ3) is 2.49. The monoisotopic (exact) mass is 314 g/mol. The number of anilines is 1. The first kappa shape index (κ1) is 13.4. The zero-order chi connectivity index (χ0) is 14.9. The van der Waals surface area contributed by atoms with Crippen LogP contribution in [0.4, 0.5) is 5.69 Å². The molecule has 0 spiro atoms. The lowest BCUT2D eigenvalue weighted by Gasteiger charge is -2.06. The first-order valence-electron chi connectivity index (χ1n) is 7.08. The van der Waals surface area contributed by atoms with Gasteiger partial charge >= 0.3 is 0 Å². The van der Waals surface area contributed by atoms with Gasteiger partial charge in [-0.3, -0.25) is 9.48 Å². The van der Waals surface area contributed by atoms with Crippen LogP contribution in [0.1, 0.15) is 22.3 Å². The van der Waals surface area contributed by atoms with E-state index in [1.54, 1.807) is 6.20 Å². The lowest BCUT2D eigenvalue weighted by atomic mass is 10.3. The van der Waals surface area contributed by atoms with Crippen molar-refractivity contribution in [3.8, 4) is 0 Å². The van der Waals surface area contributed by atoms with E-state index in [1.807, 2.05) is 35.1 Å². The maximum atomic E-state index is 12.3. The van der Waals surface area contributed by atoms with Gasteiger partial charge < -0.3 is 10.1 Å². The molecule has 22 heavy (non-hydrogen) atoms. The number of fused-ring (bicyclic) bond motifs is 1.